The molecule has 0 rings (SSSR count). The molecule has 3 unspecified atom stereocenters. The fourth-order valence-corrected chi connectivity index (χ4v) is 9.55. The summed E-state index contributed by atoms with van der Waals surface area (Å²) in [6.07, 6.45) is 62.8. The molecule has 0 aromatic heterocycles. The fourth-order valence-electron chi connectivity index (χ4n) is 9.55. The number of allylic oxidation sites excluding steroid dienone is 2. The highest BCUT2D eigenvalue weighted by atomic mass is 16.5. The fraction of sp³-hybridized carbons (Fsp3) is 0.933. The molecule has 0 bridgehead atoms. The number of aliphatic hydroxyl groups excluding tert-OH is 2. The molecule has 6 heteroatoms. The first-order valence-corrected chi connectivity index (χ1v) is 29.9. The second-order valence-corrected chi connectivity index (χ2v) is 20.8. The van der Waals surface area contributed by atoms with Gasteiger partial charge in [0, 0.05) is 6.42 Å². The first-order valence-electron chi connectivity index (χ1n) is 29.9. The Bertz CT molecular complexity index is 1000. The minimum absolute atomic E-state index is 0.0797. The molecule has 0 aliphatic rings. The zero-order chi connectivity index (χ0) is 48.1. The predicted octanol–water partition coefficient (Wildman–Crippen LogP) is 18.5. The van der Waals surface area contributed by atoms with E-state index in [2.05, 4.69) is 38.2 Å². The molecule has 1 amide bonds. The van der Waals surface area contributed by atoms with Crippen molar-refractivity contribution in [3.8, 4) is 0 Å². The molecule has 0 heterocycles. The van der Waals surface area contributed by atoms with Gasteiger partial charge in [-0.1, -0.05) is 283 Å². The van der Waals surface area contributed by atoms with Crippen LogP contribution in [0.5, 0.6) is 0 Å². The Morgan fingerprint density at radius 3 is 1.08 bits per heavy atom. The van der Waals surface area contributed by atoms with Crippen molar-refractivity contribution in [3.05, 3.63) is 12.2 Å². The molecule has 0 radical (unpaired) electrons. The average molecular weight is 933 g/mol. The van der Waals surface area contributed by atoms with Crippen LogP contribution < -0.4 is 5.32 Å². The molecule has 0 fully saturated rings. The normalized spacial score (nSPS) is 13.1. The van der Waals surface area contributed by atoms with Crippen molar-refractivity contribution in [2.24, 2.45) is 0 Å². The highest BCUT2D eigenvalue weighted by Gasteiger charge is 2.24. The number of aliphatic hydroxyl groups is 2. The number of hydrogen-bond acceptors (Lipinski definition) is 5. The Morgan fingerprint density at radius 2 is 0.727 bits per heavy atom. The molecular weight excluding hydrogens is 815 g/mol. The van der Waals surface area contributed by atoms with Crippen LogP contribution in [0, 0.1) is 0 Å². The topological polar surface area (TPSA) is 95.9 Å². The molecular formula is C60H117NO5. The second-order valence-electron chi connectivity index (χ2n) is 20.8. The first-order chi connectivity index (χ1) is 32.5. The summed E-state index contributed by atoms with van der Waals surface area (Å²) in [5.74, 6) is -0.457. The SMILES string of the molecule is CCCCCCCC/C=C/CCCCCCCC(CC(=O)NC(CO)C(O)CCCCCCCCCCCCCCCC)OC(=O)CCCCCCCCCCCCCCCCCCCC. The Balaban J connectivity index is 4.50. The van der Waals surface area contributed by atoms with Crippen molar-refractivity contribution in [1.29, 1.82) is 0 Å². The van der Waals surface area contributed by atoms with E-state index < -0.39 is 18.2 Å². The van der Waals surface area contributed by atoms with Crippen LogP contribution in [0.1, 0.15) is 335 Å². The lowest BCUT2D eigenvalue weighted by atomic mass is 10.0. The number of carbonyl (C=O) groups is 2. The maximum absolute atomic E-state index is 13.3. The van der Waals surface area contributed by atoms with Crippen LogP contribution in [-0.4, -0.2) is 46.9 Å². The second kappa shape index (κ2) is 54.5. The Morgan fingerprint density at radius 1 is 0.424 bits per heavy atom. The van der Waals surface area contributed by atoms with Crippen LogP contribution in [0.25, 0.3) is 0 Å². The minimum Gasteiger partial charge on any atom is -0.462 e. The average Bonchev–Trinajstić information content (AvgIpc) is 3.31. The molecule has 0 aromatic carbocycles. The van der Waals surface area contributed by atoms with Crippen molar-refractivity contribution in [2.75, 3.05) is 6.61 Å². The van der Waals surface area contributed by atoms with Gasteiger partial charge in [0.25, 0.3) is 0 Å². The molecule has 3 atom stereocenters. The van der Waals surface area contributed by atoms with E-state index in [0.717, 1.165) is 57.8 Å². The van der Waals surface area contributed by atoms with Crippen LogP contribution in [-0.2, 0) is 14.3 Å². The predicted molar refractivity (Wildman–Crippen MR) is 287 cm³/mol. The summed E-state index contributed by atoms with van der Waals surface area (Å²) in [7, 11) is 0. The molecule has 0 spiro atoms. The van der Waals surface area contributed by atoms with Crippen molar-refractivity contribution in [2.45, 2.75) is 354 Å². The van der Waals surface area contributed by atoms with Gasteiger partial charge in [-0.25, -0.2) is 0 Å². The van der Waals surface area contributed by atoms with Crippen molar-refractivity contribution in [1.82, 2.24) is 5.32 Å². The number of carbonyl (C=O) groups excluding carboxylic acids is 2. The Hall–Kier alpha value is -1.40. The molecule has 6 nitrogen and oxygen atoms in total. The van der Waals surface area contributed by atoms with Gasteiger partial charge in [-0.15, -0.1) is 0 Å². The maximum atomic E-state index is 13.3. The molecule has 3 N–H and O–H groups in total. The van der Waals surface area contributed by atoms with Crippen LogP contribution in [0.15, 0.2) is 12.2 Å². The van der Waals surface area contributed by atoms with Crippen LogP contribution in [0.3, 0.4) is 0 Å². The third-order valence-corrected chi connectivity index (χ3v) is 14.1. The molecule has 0 saturated carbocycles. The molecule has 0 aromatic rings. The van der Waals surface area contributed by atoms with E-state index in [9.17, 15) is 19.8 Å². The standard InChI is InChI=1S/C60H117NO5/c1-4-7-10-13-16-19-22-25-28-29-30-32-35-38-41-44-47-50-53-60(65)66-56(51-48-45-42-39-36-33-31-26-23-20-17-14-11-8-5-2)54-59(64)61-57(55-62)58(63)52-49-46-43-40-37-34-27-24-21-18-15-12-9-6-3/h26,31,56-58,62-63H,4-25,27-30,32-55H2,1-3H3,(H,61,64)/b31-26+. The van der Waals surface area contributed by atoms with E-state index in [-0.39, 0.29) is 24.9 Å². The number of esters is 1. The molecule has 0 saturated heterocycles. The summed E-state index contributed by atoms with van der Waals surface area (Å²) in [4.78, 5) is 26.3. The van der Waals surface area contributed by atoms with Gasteiger partial charge in [0.1, 0.15) is 6.10 Å². The minimum atomic E-state index is -0.785. The number of rotatable bonds is 55. The zero-order valence-corrected chi connectivity index (χ0v) is 44.9. The van der Waals surface area contributed by atoms with Crippen LogP contribution in [0.4, 0.5) is 0 Å². The molecule has 392 valence electrons. The van der Waals surface area contributed by atoms with Crippen LogP contribution in [0.2, 0.25) is 0 Å². The number of amides is 1. The van der Waals surface area contributed by atoms with Crippen molar-refractivity contribution in [3.63, 3.8) is 0 Å². The van der Waals surface area contributed by atoms with E-state index in [1.807, 2.05) is 0 Å². The maximum Gasteiger partial charge on any atom is 0.306 e. The molecule has 0 aliphatic carbocycles. The quantitative estimate of drug-likeness (QED) is 0.0321. The number of ether oxygens (including phenoxy) is 1. The lowest BCUT2D eigenvalue weighted by Crippen LogP contribution is -2.46. The highest BCUT2D eigenvalue weighted by Crippen LogP contribution is 2.19. The smallest absolute Gasteiger partial charge is 0.306 e. The van der Waals surface area contributed by atoms with Gasteiger partial charge >= 0.3 is 5.97 Å². The lowest BCUT2D eigenvalue weighted by molar-refractivity contribution is -0.151. The number of unbranched alkanes of at least 4 members (excludes halogenated alkanes) is 41. The Labute approximate surface area is 412 Å². The summed E-state index contributed by atoms with van der Waals surface area (Å²) in [6.45, 7) is 6.53. The van der Waals surface area contributed by atoms with Gasteiger partial charge in [0.05, 0.1) is 25.2 Å². The van der Waals surface area contributed by atoms with Gasteiger partial charge < -0.3 is 20.3 Å². The summed E-state index contributed by atoms with van der Waals surface area (Å²) >= 11 is 0. The monoisotopic (exact) mass is 932 g/mol. The summed E-state index contributed by atoms with van der Waals surface area (Å²) in [5, 5.41) is 23.9. The number of nitrogens with one attached hydrogen (secondary N) is 1. The highest BCUT2D eigenvalue weighted by molar-refractivity contribution is 5.77. The number of hydrogen-bond donors (Lipinski definition) is 3. The Kier molecular flexibility index (Phi) is 53.4. The molecule has 66 heavy (non-hydrogen) atoms. The third-order valence-electron chi connectivity index (χ3n) is 14.1. The van der Waals surface area contributed by atoms with Crippen LogP contribution >= 0.6 is 0 Å². The molecule has 0 aliphatic heterocycles. The van der Waals surface area contributed by atoms with E-state index in [4.69, 9.17) is 4.74 Å². The van der Waals surface area contributed by atoms with E-state index in [1.54, 1.807) is 0 Å². The summed E-state index contributed by atoms with van der Waals surface area (Å²) in [6, 6.07) is -0.699. The summed E-state index contributed by atoms with van der Waals surface area (Å²) in [5.41, 5.74) is 0. The van der Waals surface area contributed by atoms with Gasteiger partial charge in [-0.05, 0) is 51.4 Å². The van der Waals surface area contributed by atoms with Gasteiger partial charge in [0.15, 0.2) is 0 Å². The van der Waals surface area contributed by atoms with E-state index >= 15 is 0 Å². The largest absolute Gasteiger partial charge is 0.462 e. The first kappa shape index (κ1) is 64.6. The van der Waals surface area contributed by atoms with Gasteiger partial charge in [-0.3, -0.25) is 9.59 Å². The van der Waals surface area contributed by atoms with E-state index in [1.165, 1.54) is 231 Å². The lowest BCUT2D eigenvalue weighted by Gasteiger charge is -2.24. The van der Waals surface area contributed by atoms with Gasteiger partial charge in [-0.2, -0.15) is 0 Å². The van der Waals surface area contributed by atoms with E-state index in [0.29, 0.717) is 19.3 Å². The van der Waals surface area contributed by atoms with Gasteiger partial charge in [0.2, 0.25) is 5.91 Å². The summed E-state index contributed by atoms with van der Waals surface area (Å²) < 4.78 is 5.97. The van der Waals surface area contributed by atoms with Crippen molar-refractivity contribution < 1.29 is 24.5 Å². The zero-order valence-electron chi connectivity index (χ0n) is 44.9. The third kappa shape index (κ3) is 49.0. The van der Waals surface area contributed by atoms with Crippen molar-refractivity contribution >= 4 is 11.9 Å².